The summed E-state index contributed by atoms with van der Waals surface area (Å²) in [4.78, 5) is 16.7. The molecule has 162 valence electrons. The molecule has 0 fully saturated rings. The molecule has 30 heavy (non-hydrogen) atoms. The molecule has 0 saturated heterocycles. The van der Waals surface area contributed by atoms with Crippen molar-refractivity contribution in [2.24, 2.45) is 4.99 Å². The number of ether oxygens (including phenoxy) is 1. The molecule has 0 radical (unpaired) electrons. The first-order valence-electron chi connectivity index (χ1n) is 10.1. The molecular formula is C22H29N2O4PS. The summed E-state index contributed by atoms with van der Waals surface area (Å²) in [5.41, 5.74) is 0.568. The Hall–Kier alpha value is -2.08. The van der Waals surface area contributed by atoms with Crippen LogP contribution in [0.15, 0.2) is 59.6 Å². The van der Waals surface area contributed by atoms with Gasteiger partial charge in [-0.15, -0.1) is 0 Å². The van der Waals surface area contributed by atoms with Gasteiger partial charge in [0.15, 0.2) is 11.5 Å². The van der Waals surface area contributed by atoms with E-state index in [1.54, 1.807) is 19.9 Å². The van der Waals surface area contributed by atoms with Gasteiger partial charge in [-0.25, -0.2) is 4.99 Å². The van der Waals surface area contributed by atoms with E-state index in [1.165, 1.54) is 22.4 Å². The first-order chi connectivity index (χ1) is 14.5. The lowest BCUT2D eigenvalue weighted by atomic mass is 10.3. The average Bonchev–Trinajstić information content (AvgIpc) is 2.76. The highest BCUT2D eigenvalue weighted by Crippen LogP contribution is 2.62. The summed E-state index contributed by atoms with van der Waals surface area (Å²) in [6, 6.07) is 16.7. The third-order valence-corrected chi connectivity index (χ3v) is 8.81. The average molecular weight is 449 g/mol. The minimum absolute atomic E-state index is 0.0182. The first-order valence-corrected chi connectivity index (χ1v) is 13.2. The van der Waals surface area contributed by atoms with Gasteiger partial charge in [0, 0.05) is 12.2 Å². The molecule has 0 bridgehead atoms. The Morgan fingerprint density at radius 3 is 2.47 bits per heavy atom. The van der Waals surface area contributed by atoms with Crippen molar-refractivity contribution in [1.29, 1.82) is 0 Å². The maximum atomic E-state index is 13.5. The quantitative estimate of drug-likeness (QED) is 0.193. The van der Waals surface area contributed by atoms with Gasteiger partial charge in [-0.1, -0.05) is 44.2 Å². The van der Waals surface area contributed by atoms with Crippen LogP contribution in [0.5, 0.6) is 11.5 Å². The van der Waals surface area contributed by atoms with E-state index in [2.05, 4.69) is 4.99 Å². The molecule has 6 nitrogen and oxygen atoms in total. The van der Waals surface area contributed by atoms with E-state index in [1.807, 2.05) is 55.5 Å². The van der Waals surface area contributed by atoms with Crippen LogP contribution < -0.4 is 4.74 Å². The Kier molecular flexibility index (Phi) is 10.1. The zero-order chi connectivity index (χ0) is 21.8. The van der Waals surface area contributed by atoms with Crippen molar-refractivity contribution in [1.82, 2.24) is 4.67 Å². The molecule has 2 rings (SSSR count). The third kappa shape index (κ3) is 7.31. The Labute approximate surface area is 182 Å². The van der Waals surface area contributed by atoms with Crippen LogP contribution in [-0.4, -0.2) is 35.7 Å². The normalized spacial score (nSPS) is 13.2. The van der Waals surface area contributed by atoms with E-state index in [-0.39, 0.29) is 18.9 Å². The molecule has 0 aliphatic rings. The van der Waals surface area contributed by atoms with E-state index in [0.717, 1.165) is 6.42 Å². The van der Waals surface area contributed by atoms with Gasteiger partial charge in [-0.05, 0) is 49.0 Å². The lowest BCUT2D eigenvalue weighted by molar-refractivity contribution is -0.118. The summed E-state index contributed by atoms with van der Waals surface area (Å²) in [6.07, 6.45) is 2.64. The summed E-state index contributed by atoms with van der Waals surface area (Å²) in [5.74, 6) is 1.88. The Morgan fingerprint density at radius 2 is 1.80 bits per heavy atom. The van der Waals surface area contributed by atoms with Crippen LogP contribution in [-0.2, 0) is 13.9 Å². The number of carbonyl (C=O) groups is 1. The predicted octanol–water partition coefficient (Wildman–Crippen LogP) is 6.71. The molecule has 0 aliphatic heterocycles. The van der Waals surface area contributed by atoms with Crippen LogP contribution in [0.2, 0.25) is 0 Å². The summed E-state index contributed by atoms with van der Waals surface area (Å²) < 4.78 is 26.5. The van der Waals surface area contributed by atoms with Gasteiger partial charge in [0.05, 0.1) is 19.5 Å². The van der Waals surface area contributed by atoms with Gasteiger partial charge in [-0.3, -0.25) is 14.0 Å². The SMILES string of the molecule is CCCSP(=O)(OCC)N(C=Nc1ccccc1Oc1ccccc1)CC(=O)CC. The second-order valence-corrected chi connectivity index (χ2v) is 10.9. The third-order valence-electron chi connectivity index (χ3n) is 3.96. The Bertz CT molecular complexity index is 876. The van der Waals surface area contributed by atoms with E-state index in [0.29, 0.717) is 29.4 Å². The van der Waals surface area contributed by atoms with Crippen LogP contribution in [0.1, 0.15) is 33.6 Å². The number of ketones is 1. The van der Waals surface area contributed by atoms with Gasteiger partial charge in [0.2, 0.25) is 0 Å². The molecule has 0 aromatic heterocycles. The molecule has 0 amide bonds. The van der Waals surface area contributed by atoms with Crippen molar-refractivity contribution < 1.29 is 18.6 Å². The highest BCUT2D eigenvalue weighted by atomic mass is 32.7. The molecule has 1 atom stereocenters. The largest absolute Gasteiger partial charge is 0.455 e. The Balaban J connectivity index is 2.32. The van der Waals surface area contributed by atoms with Crippen molar-refractivity contribution in [2.75, 3.05) is 18.9 Å². The van der Waals surface area contributed by atoms with Crippen molar-refractivity contribution in [3.63, 3.8) is 0 Å². The minimum Gasteiger partial charge on any atom is -0.455 e. The van der Waals surface area contributed by atoms with Crippen LogP contribution in [0.3, 0.4) is 0 Å². The number of nitrogens with zero attached hydrogens (tertiary/aromatic N) is 2. The van der Waals surface area contributed by atoms with Gasteiger partial charge in [0.25, 0.3) is 0 Å². The monoisotopic (exact) mass is 448 g/mol. The summed E-state index contributed by atoms with van der Waals surface area (Å²) in [6.45, 7) is 2.56. The number of benzene rings is 2. The van der Waals surface area contributed by atoms with E-state index >= 15 is 0 Å². The number of hydrogen-bond donors (Lipinski definition) is 0. The minimum atomic E-state index is -3.29. The van der Waals surface area contributed by atoms with Crippen molar-refractivity contribution in [3.8, 4) is 11.5 Å². The fraction of sp³-hybridized carbons (Fsp3) is 0.364. The highest BCUT2D eigenvalue weighted by Gasteiger charge is 2.31. The molecule has 0 saturated carbocycles. The van der Waals surface area contributed by atoms with Crippen LogP contribution >= 0.6 is 18.1 Å². The van der Waals surface area contributed by atoms with E-state index < -0.39 is 6.72 Å². The predicted molar refractivity (Wildman–Crippen MR) is 125 cm³/mol. The first kappa shape index (κ1) is 24.2. The lowest BCUT2D eigenvalue weighted by Gasteiger charge is -2.27. The number of aliphatic imine (C=N–C) groups is 1. The topological polar surface area (TPSA) is 68.2 Å². The molecule has 0 aliphatic carbocycles. The number of hydrogen-bond acceptors (Lipinski definition) is 6. The molecule has 1 unspecified atom stereocenters. The second kappa shape index (κ2) is 12.6. The van der Waals surface area contributed by atoms with Gasteiger partial charge < -0.3 is 9.26 Å². The van der Waals surface area contributed by atoms with Gasteiger partial charge in [-0.2, -0.15) is 0 Å². The maximum Gasteiger partial charge on any atom is 0.354 e. The van der Waals surface area contributed by atoms with E-state index in [9.17, 15) is 9.36 Å². The number of Topliss-reactive ketones (excluding diaryl/α,β-unsaturated/α-hetero) is 1. The standard InChI is InChI=1S/C22H29N2O4PS/c1-4-16-30-29(26,27-6-3)24(17-19(25)5-2)18-23-21-14-10-11-15-22(21)28-20-12-8-7-9-13-20/h7-15,18H,4-6,16-17H2,1-3H3. The Morgan fingerprint density at radius 1 is 1.10 bits per heavy atom. The van der Waals surface area contributed by atoms with Gasteiger partial charge in [0.1, 0.15) is 11.4 Å². The lowest BCUT2D eigenvalue weighted by Crippen LogP contribution is -2.26. The van der Waals surface area contributed by atoms with Crippen LogP contribution in [0, 0.1) is 0 Å². The fourth-order valence-electron chi connectivity index (χ4n) is 2.43. The summed E-state index contributed by atoms with van der Waals surface area (Å²) >= 11 is 1.24. The van der Waals surface area contributed by atoms with Crippen LogP contribution in [0.25, 0.3) is 0 Å². The second-order valence-electron chi connectivity index (χ2n) is 6.34. The highest BCUT2D eigenvalue weighted by molar-refractivity contribution is 8.56. The smallest absolute Gasteiger partial charge is 0.354 e. The molecular weight excluding hydrogens is 419 g/mol. The summed E-state index contributed by atoms with van der Waals surface area (Å²) in [7, 11) is 0. The van der Waals surface area contributed by atoms with E-state index in [4.69, 9.17) is 9.26 Å². The molecule has 2 aromatic carbocycles. The van der Waals surface area contributed by atoms with Crippen molar-refractivity contribution in [3.05, 3.63) is 54.6 Å². The molecule has 2 aromatic rings. The van der Waals surface area contributed by atoms with Crippen molar-refractivity contribution >= 4 is 35.9 Å². The number of carbonyl (C=O) groups excluding carboxylic acids is 1. The maximum absolute atomic E-state index is 13.5. The zero-order valence-electron chi connectivity index (χ0n) is 17.7. The van der Waals surface area contributed by atoms with Gasteiger partial charge >= 0.3 is 6.72 Å². The molecule has 0 N–H and O–H groups in total. The van der Waals surface area contributed by atoms with Crippen molar-refractivity contribution in [2.45, 2.75) is 33.6 Å². The summed E-state index contributed by atoms with van der Waals surface area (Å²) in [5, 5.41) is 0. The number of rotatable bonds is 13. The molecule has 8 heteroatoms. The fourth-order valence-corrected chi connectivity index (χ4v) is 6.58. The zero-order valence-corrected chi connectivity index (χ0v) is 19.4. The van der Waals surface area contributed by atoms with Crippen LogP contribution in [0.4, 0.5) is 5.69 Å². The number of para-hydroxylation sites is 3. The molecule has 0 heterocycles. The molecule has 0 spiro atoms.